The summed E-state index contributed by atoms with van der Waals surface area (Å²) < 4.78 is 0. The minimum atomic E-state index is 0.140. The van der Waals surface area contributed by atoms with Gasteiger partial charge in [0, 0.05) is 6.54 Å². The first-order chi connectivity index (χ1) is 10.1. The molecule has 2 N–H and O–H groups in total. The Morgan fingerprint density at radius 1 is 1.29 bits per heavy atom. The Morgan fingerprint density at radius 2 is 2.10 bits per heavy atom. The highest BCUT2D eigenvalue weighted by molar-refractivity contribution is 5.79. The second kappa shape index (κ2) is 5.80. The van der Waals surface area contributed by atoms with Crippen LogP contribution in [-0.2, 0) is 10.2 Å². The topological polar surface area (TPSA) is 41.1 Å². The first kappa shape index (κ1) is 14.6. The number of fused-ring (bicyclic) bond motifs is 1. The molecule has 1 aromatic carbocycles. The van der Waals surface area contributed by atoms with Crippen molar-refractivity contribution in [2.24, 2.45) is 5.92 Å². The lowest BCUT2D eigenvalue weighted by molar-refractivity contribution is -0.126. The minimum Gasteiger partial charge on any atom is -0.349 e. The maximum absolute atomic E-state index is 12.5. The molecule has 0 spiro atoms. The second-order valence-corrected chi connectivity index (χ2v) is 7.11. The molecule has 1 aromatic rings. The van der Waals surface area contributed by atoms with E-state index in [1.54, 1.807) is 0 Å². The number of amides is 1. The molecule has 1 aliphatic heterocycles. The Morgan fingerprint density at radius 3 is 2.86 bits per heavy atom. The van der Waals surface area contributed by atoms with Crippen molar-refractivity contribution in [1.29, 1.82) is 0 Å². The van der Waals surface area contributed by atoms with Gasteiger partial charge in [0.2, 0.25) is 5.91 Å². The van der Waals surface area contributed by atoms with Gasteiger partial charge >= 0.3 is 0 Å². The summed E-state index contributed by atoms with van der Waals surface area (Å²) in [5, 5.41) is 6.63. The van der Waals surface area contributed by atoms with Crippen molar-refractivity contribution < 1.29 is 4.79 Å². The molecule has 3 rings (SSSR count). The molecular weight excluding hydrogens is 260 g/mol. The fourth-order valence-electron chi connectivity index (χ4n) is 3.73. The number of piperidine rings is 1. The normalized spacial score (nSPS) is 27.7. The number of carbonyl (C=O) groups excluding carboxylic acids is 1. The summed E-state index contributed by atoms with van der Waals surface area (Å²) in [4.78, 5) is 12.5. The zero-order valence-electron chi connectivity index (χ0n) is 13.1. The Labute approximate surface area is 127 Å². The number of hydrogen-bond acceptors (Lipinski definition) is 2. The summed E-state index contributed by atoms with van der Waals surface area (Å²) in [5.41, 5.74) is 2.92. The highest BCUT2D eigenvalue weighted by atomic mass is 16.2. The van der Waals surface area contributed by atoms with E-state index in [1.807, 2.05) is 0 Å². The first-order valence-corrected chi connectivity index (χ1v) is 8.18. The smallest absolute Gasteiger partial charge is 0.224 e. The van der Waals surface area contributed by atoms with E-state index in [4.69, 9.17) is 0 Å². The standard InChI is InChI=1S/C18H26N2O/c1-18(2)10-9-16(14-7-3-4-8-15(14)18)20-17(21)13-6-5-11-19-12-13/h3-4,7-8,13,16,19H,5-6,9-12H2,1-2H3,(H,20,21). The molecule has 114 valence electrons. The van der Waals surface area contributed by atoms with Crippen molar-refractivity contribution in [2.75, 3.05) is 13.1 Å². The fourth-order valence-corrected chi connectivity index (χ4v) is 3.73. The molecule has 0 radical (unpaired) electrons. The maximum atomic E-state index is 12.5. The predicted octanol–water partition coefficient (Wildman–Crippen LogP) is 2.91. The quantitative estimate of drug-likeness (QED) is 0.877. The van der Waals surface area contributed by atoms with Gasteiger partial charge in [-0.05, 0) is 48.8 Å². The third kappa shape index (κ3) is 2.98. The van der Waals surface area contributed by atoms with E-state index in [0.29, 0.717) is 0 Å². The van der Waals surface area contributed by atoms with Crippen molar-refractivity contribution in [3.63, 3.8) is 0 Å². The number of benzene rings is 1. The van der Waals surface area contributed by atoms with Gasteiger partial charge in [-0.2, -0.15) is 0 Å². The van der Waals surface area contributed by atoms with Crippen LogP contribution in [0.4, 0.5) is 0 Å². The Bertz CT molecular complexity index is 518. The zero-order valence-corrected chi connectivity index (χ0v) is 13.1. The monoisotopic (exact) mass is 286 g/mol. The molecule has 0 saturated carbocycles. The third-order valence-electron chi connectivity index (χ3n) is 5.11. The van der Waals surface area contributed by atoms with Crippen molar-refractivity contribution in [3.8, 4) is 0 Å². The maximum Gasteiger partial charge on any atom is 0.224 e. The molecular formula is C18H26N2O. The average Bonchev–Trinajstić information content (AvgIpc) is 2.51. The molecule has 1 amide bonds. The summed E-state index contributed by atoms with van der Waals surface area (Å²) in [5.74, 6) is 0.363. The highest BCUT2D eigenvalue weighted by Gasteiger charge is 2.33. The Hall–Kier alpha value is -1.35. The summed E-state index contributed by atoms with van der Waals surface area (Å²) >= 11 is 0. The van der Waals surface area contributed by atoms with Crippen LogP contribution >= 0.6 is 0 Å². The van der Waals surface area contributed by atoms with E-state index in [9.17, 15) is 4.79 Å². The number of hydrogen-bond donors (Lipinski definition) is 2. The molecule has 2 unspecified atom stereocenters. The van der Waals surface area contributed by atoms with Crippen LogP contribution in [0.25, 0.3) is 0 Å². The van der Waals surface area contributed by atoms with Crippen LogP contribution in [0.1, 0.15) is 56.7 Å². The van der Waals surface area contributed by atoms with E-state index in [1.165, 1.54) is 11.1 Å². The van der Waals surface area contributed by atoms with E-state index >= 15 is 0 Å². The van der Waals surface area contributed by atoms with Gasteiger partial charge < -0.3 is 10.6 Å². The fraction of sp³-hybridized carbons (Fsp3) is 0.611. The van der Waals surface area contributed by atoms with Gasteiger partial charge in [0.25, 0.3) is 0 Å². The molecule has 2 atom stereocenters. The molecule has 1 fully saturated rings. The molecule has 1 aliphatic carbocycles. The number of nitrogens with one attached hydrogen (secondary N) is 2. The molecule has 1 saturated heterocycles. The highest BCUT2D eigenvalue weighted by Crippen LogP contribution is 2.41. The summed E-state index contributed by atoms with van der Waals surface area (Å²) in [6, 6.07) is 8.77. The van der Waals surface area contributed by atoms with Crippen LogP contribution in [-0.4, -0.2) is 19.0 Å². The molecule has 3 nitrogen and oxygen atoms in total. The Kier molecular flexibility index (Phi) is 4.03. The van der Waals surface area contributed by atoms with Crippen LogP contribution < -0.4 is 10.6 Å². The van der Waals surface area contributed by atoms with Gasteiger partial charge in [-0.15, -0.1) is 0 Å². The zero-order chi connectivity index (χ0) is 14.9. The van der Waals surface area contributed by atoms with Crippen molar-refractivity contribution in [1.82, 2.24) is 10.6 Å². The van der Waals surface area contributed by atoms with Crippen molar-refractivity contribution in [2.45, 2.75) is 51.0 Å². The summed E-state index contributed by atoms with van der Waals surface area (Å²) in [6.45, 7) is 6.47. The van der Waals surface area contributed by atoms with Gasteiger partial charge in [0.05, 0.1) is 12.0 Å². The summed E-state index contributed by atoms with van der Waals surface area (Å²) in [7, 11) is 0. The van der Waals surface area contributed by atoms with Gasteiger partial charge in [0.15, 0.2) is 0 Å². The van der Waals surface area contributed by atoms with Gasteiger partial charge in [-0.1, -0.05) is 38.1 Å². The Balaban J connectivity index is 1.76. The van der Waals surface area contributed by atoms with Crippen molar-refractivity contribution in [3.05, 3.63) is 35.4 Å². The van der Waals surface area contributed by atoms with Gasteiger partial charge in [-0.25, -0.2) is 0 Å². The van der Waals surface area contributed by atoms with Crippen LogP contribution in [0.15, 0.2) is 24.3 Å². The van der Waals surface area contributed by atoms with E-state index in [0.717, 1.165) is 38.8 Å². The molecule has 3 heteroatoms. The van der Waals surface area contributed by atoms with Crippen LogP contribution in [0.2, 0.25) is 0 Å². The first-order valence-electron chi connectivity index (χ1n) is 8.18. The largest absolute Gasteiger partial charge is 0.349 e. The molecule has 0 aromatic heterocycles. The van der Waals surface area contributed by atoms with Crippen LogP contribution in [0.5, 0.6) is 0 Å². The lowest BCUT2D eigenvalue weighted by atomic mass is 9.71. The van der Waals surface area contributed by atoms with Crippen LogP contribution in [0, 0.1) is 5.92 Å². The number of rotatable bonds is 2. The molecule has 0 bridgehead atoms. The van der Waals surface area contributed by atoms with Gasteiger partial charge in [0.1, 0.15) is 0 Å². The average molecular weight is 286 g/mol. The van der Waals surface area contributed by atoms with Crippen molar-refractivity contribution >= 4 is 5.91 Å². The third-order valence-corrected chi connectivity index (χ3v) is 5.11. The molecule has 21 heavy (non-hydrogen) atoms. The lowest BCUT2D eigenvalue weighted by Gasteiger charge is -2.38. The molecule has 2 aliphatic rings. The lowest BCUT2D eigenvalue weighted by Crippen LogP contribution is -2.43. The summed E-state index contributed by atoms with van der Waals surface area (Å²) in [6.07, 6.45) is 4.28. The SMILES string of the molecule is CC1(C)CCC(NC(=O)C2CCCNC2)c2ccccc21. The second-order valence-electron chi connectivity index (χ2n) is 7.11. The van der Waals surface area contributed by atoms with Crippen LogP contribution in [0.3, 0.4) is 0 Å². The molecule has 1 heterocycles. The number of carbonyl (C=O) groups is 1. The van der Waals surface area contributed by atoms with E-state index < -0.39 is 0 Å². The van der Waals surface area contributed by atoms with E-state index in [-0.39, 0.29) is 23.3 Å². The van der Waals surface area contributed by atoms with E-state index in [2.05, 4.69) is 48.7 Å². The minimum absolute atomic E-state index is 0.140. The predicted molar refractivity (Wildman–Crippen MR) is 85.2 cm³/mol. The van der Waals surface area contributed by atoms with Gasteiger partial charge in [-0.3, -0.25) is 4.79 Å².